The van der Waals surface area contributed by atoms with Crippen molar-refractivity contribution in [1.29, 1.82) is 0 Å². The lowest BCUT2D eigenvalue weighted by Gasteiger charge is -2.46. The van der Waals surface area contributed by atoms with Gasteiger partial charge in [-0.1, -0.05) is 12.1 Å². The van der Waals surface area contributed by atoms with Gasteiger partial charge in [0.1, 0.15) is 6.54 Å². The molecule has 0 saturated carbocycles. The summed E-state index contributed by atoms with van der Waals surface area (Å²) in [6, 6.07) is 12.9. The normalized spacial score (nSPS) is 27.2. The first-order chi connectivity index (χ1) is 13.1. The van der Waals surface area contributed by atoms with Gasteiger partial charge in [-0.05, 0) is 80.0 Å². The number of fused-ring (bicyclic) bond motifs is 2. The predicted molar refractivity (Wildman–Crippen MR) is 119 cm³/mol. The van der Waals surface area contributed by atoms with E-state index in [2.05, 4.69) is 60.2 Å². The van der Waals surface area contributed by atoms with Crippen LogP contribution < -0.4 is 15.5 Å². The highest BCUT2D eigenvalue weighted by atomic mass is 32.1. The van der Waals surface area contributed by atoms with Gasteiger partial charge >= 0.3 is 0 Å². The average molecular weight is 401 g/mol. The highest BCUT2D eigenvalue weighted by molar-refractivity contribution is 7.80. The summed E-state index contributed by atoms with van der Waals surface area (Å²) in [5, 5.41) is 9.98. The topological polar surface area (TPSA) is 28.5 Å². The van der Waals surface area contributed by atoms with Crippen LogP contribution in [0.15, 0.2) is 35.7 Å². The Labute approximate surface area is 172 Å². The molecule has 0 unspecified atom stereocenters. The van der Waals surface area contributed by atoms with Crippen LogP contribution in [0.4, 0.5) is 5.69 Å². The number of quaternary nitrogens is 1. The Balaban J connectivity index is 1.35. The maximum Gasteiger partial charge on any atom is 0.171 e. The van der Waals surface area contributed by atoms with Crippen LogP contribution >= 0.6 is 23.6 Å². The molecule has 2 saturated heterocycles. The number of aryl methyl sites for hydroxylation is 2. The molecule has 144 valence electrons. The van der Waals surface area contributed by atoms with E-state index >= 15 is 0 Å². The maximum atomic E-state index is 5.62. The molecule has 0 aliphatic carbocycles. The van der Waals surface area contributed by atoms with Crippen LogP contribution in [0.5, 0.6) is 0 Å². The molecule has 0 amide bonds. The van der Waals surface area contributed by atoms with E-state index in [1.54, 1.807) is 0 Å². The molecule has 2 aliphatic heterocycles. The number of nitrogens with one attached hydrogen (secondary N) is 3. The van der Waals surface area contributed by atoms with Gasteiger partial charge in [0.2, 0.25) is 0 Å². The molecule has 1 aromatic heterocycles. The van der Waals surface area contributed by atoms with E-state index in [0.717, 1.165) is 22.9 Å². The third-order valence-electron chi connectivity index (χ3n) is 6.35. The van der Waals surface area contributed by atoms with Gasteiger partial charge in [-0.15, -0.1) is 11.3 Å². The Kier molecular flexibility index (Phi) is 5.81. The zero-order chi connectivity index (χ0) is 18.8. The van der Waals surface area contributed by atoms with Crippen molar-refractivity contribution in [1.82, 2.24) is 5.32 Å². The Bertz CT molecular complexity index is 773. The number of piperidine rings is 2. The van der Waals surface area contributed by atoms with Gasteiger partial charge in [0.25, 0.3) is 0 Å². The van der Waals surface area contributed by atoms with Crippen molar-refractivity contribution in [2.24, 2.45) is 0 Å². The van der Waals surface area contributed by atoms with Crippen LogP contribution in [0, 0.1) is 13.8 Å². The summed E-state index contributed by atoms with van der Waals surface area (Å²) in [5.74, 6) is 0. The molecule has 3 nitrogen and oxygen atoms in total. The Morgan fingerprint density at radius 2 is 1.93 bits per heavy atom. The third-order valence-corrected chi connectivity index (χ3v) is 7.45. The summed E-state index contributed by atoms with van der Waals surface area (Å²) in [6.45, 7) is 5.48. The molecule has 0 radical (unpaired) electrons. The van der Waals surface area contributed by atoms with Gasteiger partial charge in [-0.3, -0.25) is 0 Å². The number of hydrogen-bond acceptors (Lipinski definition) is 2. The molecular formula is C22H30N3S2+. The summed E-state index contributed by atoms with van der Waals surface area (Å²) in [5.41, 5.74) is 3.69. The van der Waals surface area contributed by atoms with Crippen LogP contribution in [-0.2, 0) is 6.54 Å². The minimum absolute atomic E-state index is 0.499. The minimum Gasteiger partial charge on any atom is -0.359 e. The van der Waals surface area contributed by atoms with Crippen molar-refractivity contribution in [3.63, 3.8) is 0 Å². The number of anilines is 1. The first-order valence-electron chi connectivity index (χ1n) is 10.1. The van der Waals surface area contributed by atoms with Crippen molar-refractivity contribution in [3.8, 4) is 0 Å². The van der Waals surface area contributed by atoms with E-state index in [9.17, 15) is 0 Å². The summed E-state index contributed by atoms with van der Waals surface area (Å²) in [7, 11) is 0. The zero-order valence-electron chi connectivity index (χ0n) is 16.3. The summed E-state index contributed by atoms with van der Waals surface area (Å²) >= 11 is 7.52. The number of hydrogen-bond donors (Lipinski definition) is 3. The molecule has 3 heterocycles. The summed E-state index contributed by atoms with van der Waals surface area (Å²) < 4.78 is 0. The van der Waals surface area contributed by atoms with Gasteiger partial charge in [0, 0.05) is 24.6 Å². The van der Waals surface area contributed by atoms with E-state index in [1.165, 1.54) is 54.7 Å². The van der Waals surface area contributed by atoms with Gasteiger partial charge in [-0.25, -0.2) is 0 Å². The molecule has 0 spiro atoms. The number of benzene rings is 1. The van der Waals surface area contributed by atoms with E-state index < -0.39 is 0 Å². The first-order valence-corrected chi connectivity index (χ1v) is 11.4. The smallest absolute Gasteiger partial charge is 0.171 e. The van der Waals surface area contributed by atoms with Crippen LogP contribution in [-0.4, -0.2) is 23.2 Å². The van der Waals surface area contributed by atoms with Crippen LogP contribution in [0.2, 0.25) is 0 Å². The second-order valence-electron chi connectivity index (χ2n) is 8.22. The molecule has 2 fully saturated rings. The highest BCUT2D eigenvalue weighted by Crippen LogP contribution is 2.23. The first kappa shape index (κ1) is 18.9. The lowest BCUT2D eigenvalue weighted by molar-refractivity contribution is -0.973. The van der Waals surface area contributed by atoms with Gasteiger partial charge in [0.05, 0.1) is 17.0 Å². The fourth-order valence-electron chi connectivity index (χ4n) is 4.83. The predicted octanol–water partition coefficient (Wildman–Crippen LogP) is 3.82. The number of rotatable bonds is 4. The van der Waals surface area contributed by atoms with Crippen LogP contribution in [0.3, 0.4) is 0 Å². The third kappa shape index (κ3) is 4.53. The van der Waals surface area contributed by atoms with E-state index in [0.29, 0.717) is 6.04 Å². The standard InChI is InChI=1S/C22H29N3S2/c1-15-8-9-17(11-16(15)2)23-22(26)24-18-12-19-5-3-6-20(13-18)25(19)14-21-7-4-10-27-21/h4,7-11,18-20H,3,5-6,12-14H2,1-2H3,(H2,23,24,26)/p+1/t19-,20-/m1/s1. The van der Waals surface area contributed by atoms with Crippen molar-refractivity contribution < 1.29 is 4.90 Å². The molecule has 2 aromatic rings. The summed E-state index contributed by atoms with van der Waals surface area (Å²) in [4.78, 5) is 3.34. The van der Waals surface area contributed by atoms with E-state index in [1.807, 2.05) is 16.2 Å². The molecule has 3 N–H and O–H groups in total. The number of thiocarbonyl (C=S) groups is 1. The highest BCUT2D eigenvalue weighted by Gasteiger charge is 2.42. The van der Waals surface area contributed by atoms with Crippen molar-refractivity contribution in [2.45, 2.75) is 70.6 Å². The lowest BCUT2D eigenvalue weighted by atomic mass is 9.81. The molecule has 27 heavy (non-hydrogen) atoms. The molecule has 2 aliphatic rings. The van der Waals surface area contributed by atoms with Crippen LogP contribution in [0.25, 0.3) is 0 Å². The summed E-state index contributed by atoms with van der Waals surface area (Å²) in [6.07, 6.45) is 6.55. The van der Waals surface area contributed by atoms with Crippen molar-refractivity contribution in [2.75, 3.05) is 5.32 Å². The Morgan fingerprint density at radius 1 is 1.15 bits per heavy atom. The maximum absolute atomic E-state index is 5.62. The monoisotopic (exact) mass is 400 g/mol. The van der Waals surface area contributed by atoms with Crippen molar-refractivity contribution >= 4 is 34.4 Å². The molecule has 2 atom stereocenters. The number of thiophene rings is 1. The van der Waals surface area contributed by atoms with Gasteiger partial charge < -0.3 is 15.5 Å². The Morgan fingerprint density at radius 3 is 2.59 bits per heavy atom. The minimum atomic E-state index is 0.499. The van der Waals surface area contributed by atoms with Crippen LogP contribution in [0.1, 0.15) is 48.1 Å². The molecule has 1 aromatic carbocycles. The second-order valence-corrected chi connectivity index (χ2v) is 9.66. The quantitative estimate of drug-likeness (QED) is 0.682. The fraction of sp³-hybridized carbons (Fsp3) is 0.500. The van der Waals surface area contributed by atoms with Gasteiger partial charge in [0.15, 0.2) is 5.11 Å². The lowest BCUT2D eigenvalue weighted by Crippen LogP contribution is -3.20. The van der Waals surface area contributed by atoms with Crippen molar-refractivity contribution in [3.05, 3.63) is 51.7 Å². The average Bonchev–Trinajstić information content (AvgIpc) is 3.12. The fourth-order valence-corrected chi connectivity index (χ4v) is 5.85. The second kappa shape index (κ2) is 8.29. The van der Waals surface area contributed by atoms with E-state index in [-0.39, 0.29) is 0 Å². The molecule has 4 rings (SSSR count). The van der Waals surface area contributed by atoms with Gasteiger partial charge in [-0.2, -0.15) is 0 Å². The molecular weight excluding hydrogens is 370 g/mol. The molecule has 2 bridgehead atoms. The SMILES string of the molecule is Cc1ccc(NC(=S)NC2C[C@H]3CCC[C@H](C2)[NH+]3Cc2cccs2)cc1C. The zero-order valence-corrected chi connectivity index (χ0v) is 17.9. The molecule has 5 heteroatoms. The Hall–Kier alpha value is -1.43. The van der Waals surface area contributed by atoms with E-state index in [4.69, 9.17) is 12.2 Å². The largest absolute Gasteiger partial charge is 0.359 e.